The second-order valence-corrected chi connectivity index (χ2v) is 9.18. The summed E-state index contributed by atoms with van der Waals surface area (Å²) in [5.41, 5.74) is 2.71. The summed E-state index contributed by atoms with van der Waals surface area (Å²) in [4.78, 5) is 14.8. The molecular weight excluding hydrogens is 360 g/mol. The minimum absolute atomic E-state index is 0.0734. The molecule has 4 rings (SSSR count). The van der Waals surface area contributed by atoms with Gasteiger partial charge in [-0.3, -0.25) is 4.79 Å². The number of hydrogen-bond acceptors (Lipinski definition) is 3. The van der Waals surface area contributed by atoms with Crippen LogP contribution in [0.2, 0.25) is 0 Å². The normalized spacial score (nSPS) is 18.1. The van der Waals surface area contributed by atoms with E-state index in [1.165, 1.54) is 15.9 Å². The molecule has 0 spiro atoms. The van der Waals surface area contributed by atoms with Gasteiger partial charge >= 0.3 is 0 Å². The van der Waals surface area contributed by atoms with Gasteiger partial charge in [0.15, 0.2) is 0 Å². The van der Waals surface area contributed by atoms with Gasteiger partial charge in [0.05, 0.1) is 4.90 Å². The van der Waals surface area contributed by atoms with Crippen LogP contribution in [0.4, 0.5) is 0 Å². The van der Waals surface area contributed by atoms with Crippen molar-refractivity contribution in [3.8, 4) is 0 Å². The van der Waals surface area contributed by atoms with Crippen LogP contribution in [0.15, 0.2) is 53.4 Å². The van der Waals surface area contributed by atoms with Crippen molar-refractivity contribution in [3.63, 3.8) is 0 Å². The van der Waals surface area contributed by atoms with Crippen LogP contribution in [0, 0.1) is 0 Å². The highest BCUT2D eigenvalue weighted by atomic mass is 32.2. The quantitative estimate of drug-likeness (QED) is 0.817. The monoisotopic (exact) mass is 384 g/mol. The first-order chi connectivity index (χ1) is 13.1. The molecule has 0 aromatic heterocycles. The van der Waals surface area contributed by atoms with Gasteiger partial charge in [0.2, 0.25) is 10.0 Å². The largest absolute Gasteiger partial charge is 0.339 e. The summed E-state index contributed by atoms with van der Waals surface area (Å²) in [5.74, 6) is -0.0734. The number of rotatable bonds is 3. The number of fused-ring (bicyclic) bond motifs is 1. The maximum absolute atomic E-state index is 13.1. The zero-order chi connectivity index (χ0) is 18.9. The molecule has 5 nitrogen and oxygen atoms in total. The highest BCUT2D eigenvalue weighted by Crippen LogP contribution is 2.25. The number of carbonyl (C=O) groups is 1. The lowest BCUT2D eigenvalue weighted by atomic mass is 10.0. The fourth-order valence-corrected chi connectivity index (χ4v) is 5.36. The minimum Gasteiger partial charge on any atom is -0.339 e. The summed E-state index contributed by atoms with van der Waals surface area (Å²) < 4.78 is 27.8. The SMILES string of the molecule is O=C(c1cccc(S(=O)(=O)N2CCc3ccccc3C2)c1)N1CCCCC1. The Kier molecular flexibility index (Phi) is 5.02. The maximum Gasteiger partial charge on any atom is 0.253 e. The molecule has 2 heterocycles. The lowest BCUT2D eigenvalue weighted by Gasteiger charge is -2.29. The summed E-state index contributed by atoms with van der Waals surface area (Å²) in [6.07, 6.45) is 3.88. The second kappa shape index (κ2) is 7.44. The van der Waals surface area contributed by atoms with Gasteiger partial charge in [-0.1, -0.05) is 30.3 Å². The average molecular weight is 385 g/mol. The molecule has 0 atom stereocenters. The fourth-order valence-electron chi connectivity index (χ4n) is 3.89. The van der Waals surface area contributed by atoms with Crippen molar-refractivity contribution in [2.75, 3.05) is 19.6 Å². The summed E-state index contributed by atoms with van der Waals surface area (Å²) in [6.45, 7) is 2.34. The van der Waals surface area contributed by atoms with Crippen molar-refractivity contribution in [2.24, 2.45) is 0 Å². The van der Waals surface area contributed by atoms with Crippen molar-refractivity contribution in [1.29, 1.82) is 0 Å². The standard InChI is InChI=1S/C21H24N2O3S/c24-21(22-12-4-1-5-13-22)18-9-6-10-20(15-18)27(25,26)23-14-11-17-7-2-3-8-19(17)16-23/h2-3,6-10,15H,1,4-5,11-14,16H2. The number of piperidine rings is 1. The molecule has 0 radical (unpaired) electrons. The smallest absolute Gasteiger partial charge is 0.253 e. The molecule has 2 aromatic rings. The Balaban J connectivity index is 1.58. The predicted octanol–water partition coefficient (Wildman–Crippen LogP) is 3.06. The maximum atomic E-state index is 13.1. The van der Waals surface area contributed by atoms with Gasteiger partial charge in [0.1, 0.15) is 0 Å². The average Bonchev–Trinajstić information content (AvgIpc) is 2.73. The molecule has 27 heavy (non-hydrogen) atoms. The van der Waals surface area contributed by atoms with Crippen LogP contribution in [0.5, 0.6) is 0 Å². The van der Waals surface area contributed by atoms with E-state index in [4.69, 9.17) is 0 Å². The van der Waals surface area contributed by atoms with Gasteiger partial charge in [-0.25, -0.2) is 8.42 Å². The Labute approximate surface area is 160 Å². The molecule has 1 saturated heterocycles. The highest BCUT2D eigenvalue weighted by molar-refractivity contribution is 7.89. The Morgan fingerprint density at radius 2 is 1.59 bits per heavy atom. The van der Waals surface area contributed by atoms with E-state index in [-0.39, 0.29) is 10.8 Å². The van der Waals surface area contributed by atoms with Crippen molar-refractivity contribution < 1.29 is 13.2 Å². The third-order valence-corrected chi connectivity index (χ3v) is 7.30. The molecule has 1 amide bonds. The van der Waals surface area contributed by atoms with E-state index in [0.717, 1.165) is 37.9 Å². The van der Waals surface area contributed by atoms with Crippen LogP contribution in [0.25, 0.3) is 0 Å². The van der Waals surface area contributed by atoms with E-state index in [9.17, 15) is 13.2 Å². The summed E-state index contributed by atoms with van der Waals surface area (Å²) in [7, 11) is -3.63. The Morgan fingerprint density at radius 1 is 0.852 bits per heavy atom. The molecule has 0 N–H and O–H groups in total. The van der Waals surface area contributed by atoms with E-state index >= 15 is 0 Å². The topological polar surface area (TPSA) is 57.7 Å². The van der Waals surface area contributed by atoms with Crippen molar-refractivity contribution in [1.82, 2.24) is 9.21 Å². The number of benzene rings is 2. The zero-order valence-corrected chi connectivity index (χ0v) is 16.1. The summed E-state index contributed by atoms with van der Waals surface area (Å²) in [5, 5.41) is 0. The number of likely N-dealkylation sites (tertiary alicyclic amines) is 1. The van der Waals surface area contributed by atoms with Gasteiger partial charge in [-0.2, -0.15) is 4.31 Å². The first-order valence-corrected chi connectivity index (χ1v) is 11.0. The molecule has 2 aromatic carbocycles. The lowest BCUT2D eigenvalue weighted by Crippen LogP contribution is -2.37. The van der Waals surface area contributed by atoms with Gasteiger partial charge in [0.25, 0.3) is 5.91 Å². The summed E-state index contributed by atoms with van der Waals surface area (Å²) >= 11 is 0. The van der Waals surface area contributed by atoms with Crippen molar-refractivity contribution >= 4 is 15.9 Å². The molecule has 0 aliphatic carbocycles. The van der Waals surface area contributed by atoms with E-state index in [0.29, 0.717) is 25.1 Å². The van der Waals surface area contributed by atoms with Crippen LogP contribution < -0.4 is 0 Å². The lowest BCUT2D eigenvalue weighted by molar-refractivity contribution is 0.0724. The van der Waals surface area contributed by atoms with Crippen LogP contribution in [0.1, 0.15) is 40.7 Å². The number of sulfonamides is 1. The Hall–Kier alpha value is -2.18. The number of carbonyl (C=O) groups excluding carboxylic acids is 1. The molecule has 0 bridgehead atoms. The van der Waals surface area contributed by atoms with Crippen LogP contribution >= 0.6 is 0 Å². The number of nitrogens with zero attached hydrogens (tertiary/aromatic N) is 2. The fraction of sp³-hybridized carbons (Fsp3) is 0.381. The number of amides is 1. The minimum atomic E-state index is -3.63. The Bertz CT molecular complexity index is 949. The third kappa shape index (κ3) is 3.64. The Morgan fingerprint density at radius 3 is 2.37 bits per heavy atom. The van der Waals surface area contributed by atoms with Crippen LogP contribution in [-0.4, -0.2) is 43.2 Å². The van der Waals surface area contributed by atoms with E-state index in [1.807, 2.05) is 23.1 Å². The van der Waals surface area contributed by atoms with Crippen molar-refractivity contribution in [3.05, 3.63) is 65.2 Å². The number of hydrogen-bond donors (Lipinski definition) is 0. The summed E-state index contributed by atoms with van der Waals surface area (Å²) in [6, 6.07) is 14.5. The van der Waals surface area contributed by atoms with Gasteiger partial charge < -0.3 is 4.90 Å². The van der Waals surface area contributed by atoms with Crippen LogP contribution in [-0.2, 0) is 23.0 Å². The molecule has 2 aliphatic heterocycles. The van der Waals surface area contributed by atoms with Gasteiger partial charge in [-0.05, 0) is 55.0 Å². The van der Waals surface area contributed by atoms with Gasteiger partial charge in [0, 0.05) is 31.7 Å². The molecule has 1 fully saturated rings. The third-order valence-electron chi connectivity index (χ3n) is 5.46. The van der Waals surface area contributed by atoms with E-state index in [2.05, 4.69) is 6.07 Å². The van der Waals surface area contributed by atoms with E-state index in [1.54, 1.807) is 18.2 Å². The molecule has 142 valence electrons. The molecule has 0 unspecified atom stereocenters. The molecule has 0 saturated carbocycles. The molecule has 2 aliphatic rings. The molecular formula is C21H24N2O3S. The highest BCUT2D eigenvalue weighted by Gasteiger charge is 2.29. The second-order valence-electron chi connectivity index (χ2n) is 7.24. The first-order valence-electron chi connectivity index (χ1n) is 9.52. The van der Waals surface area contributed by atoms with Crippen molar-refractivity contribution in [2.45, 2.75) is 37.1 Å². The zero-order valence-electron chi connectivity index (χ0n) is 15.3. The molecule has 6 heteroatoms. The van der Waals surface area contributed by atoms with E-state index < -0.39 is 10.0 Å². The van der Waals surface area contributed by atoms with Gasteiger partial charge in [-0.15, -0.1) is 0 Å². The predicted molar refractivity (Wildman–Crippen MR) is 104 cm³/mol. The first kappa shape index (κ1) is 18.2. The van der Waals surface area contributed by atoms with Crippen LogP contribution in [0.3, 0.4) is 0 Å².